The van der Waals surface area contributed by atoms with Crippen LogP contribution in [0, 0.1) is 5.92 Å². The molecule has 7 heteroatoms. The zero-order valence-electron chi connectivity index (χ0n) is 19.9. The van der Waals surface area contributed by atoms with Gasteiger partial charge in [-0.25, -0.2) is 0 Å². The van der Waals surface area contributed by atoms with E-state index < -0.39 is 12.1 Å². The molecule has 1 saturated carbocycles. The van der Waals surface area contributed by atoms with Gasteiger partial charge in [-0.1, -0.05) is 49.7 Å². The van der Waals surface area contributed by atoms with Crippen LogP contribution >= 0.6 is 11.6 Å². The minimum absolute atomic E-state index is 0.148. The van der Waals surface area contributed by atoms with E-state index in [1.54, 1.807) is 12.1 Å². The quantitative estimate of drug-likeness (QED) is 0.436. The average Bonchev–Trinajstić information content (AvgIpc) is 2.99. The summed E-state index contributed by atoms with van der Waals surface area (Å²) in [5, 5.41) is 24.1. The van der Waals surface area contributed by atoms with E-state index in [2.05, 4.69) is 31.3 Å². The van der Waals surface area contributed by atoms with Crippen molar-refractivity contribution in [1.82, 2.24) is 4.90 Å². The van der Waals surface area contributed by atoms with Gasteiger partial charge in [0.1, 0.15) is 6.54 Å². The third-order valence-electron chi connectivity index (χ3n) is 6.60. The highest BCUT2D eigenvalue weighted by atomic mass is 35.5. The molecule has 0 saturated heterocycles. The molecule has 1 aliphatic rings. The molecule has 0 aliphatic heterocycles. The topological polar surface area (TPSA) is 89.9 Å². The van der Waals surface area contributed by atoms with Crippen molar-refractivity contribution in [2.24, 2.45) is 5.92 Å². The number of benzene rings is 2. The molecule has 34 heavy (non-hydrogen) atoms. The number of anilines is 1. The molecule has 3 N–H and O–H groups in total. The third-order valence-corrected chi connectivity index (χ3v) is 6.85. The highest BCUT2D eigenvalue weighted by Crippen LogP contribution is 2.28. The number of hydrogen-bond donors (Lipinski definition) is 3. The van der Waals surface area contributed by atoms with Crippen LogP contribution in [0.2, 0.25) is 5.02 Å². The zero-order chi connectivity index (χ0) is 24.7. The van der Waals surface area contributed by atoms with E-state index in [0.717, 1.165) is 11.3 Å². The molecule has 184 valence electrons. The van der Waals surface area contributed by atoms with Gasteiger partial charge in [-0.05, 0) is 73.4 Å². The van der Waals surface area contributed by atoms with Crippen LogP contribution in [0.5, 0.6) is 0 Å². The smallest absolute Gasteiger partial charge is 0.323 e. The molecule has 0 heterocycles. The van der Waals surface area contributed by atoms with Crippen LogP contribution < -0.4 is 5.32 Å². The molecule has 3 rings (SSSR count). The number of nitrogens with zero attached hydrogens (tertiary/aromatic N) is 1. The minimum atomic E-state index is -1.03. The van der Waals surface area contributed by atoms with Crippen molar-refractivity contribution >= 4 is 29.2 Å². The Bertz CT molecular complexity index is 946. The highest BCUT2D eigenvalue weighted by Gasteiger charge is 2.32. The van der Waals surface area contributed by atoms with Gasteiger partial charge in [0.2, 0.25) is 5.91 Å². The van der Waals surface area contributed by atoms with Gasteiger partial charge >= 0.3 is 5.97 Å². The molecule has 0 radical (unpaired) electrons. The lowest BCUT2D eigenvalue weighted by molar-refractivity contribution is -0.146. The number of carboxylic acids is 1. The maximum absolute atomic E-state index is 13.3. The third kappa shape index (κ3) is 7.47. The number of carbonyl (C=O) groups excluding carboxylic acids is 1. The molecule has 0 unspecified atom stereocenters. The average molecular weight is 487 g/mol. The Morgan fingerprint density at radius 2 is 1.68 bits per heavy atom. The molecule has 0 aromatic heterocycles. The summed E-state index contributed by atoms with van der Waals surface area (Å²) in [6.07, 6.45) is 2.28. The lowest BCUT2D eigenvalue weighted by Crippen LogP contribution is -2.41. The van der Waals surface area contributed by atoms with Gasteiger partial charge in [0.25, 0.3) is 0 Å². The second kappa shape index (κ2) is 12.2. The summed E-state index contributed by atoms with van der Waals surface area (Å²) in [6.45, 7) is 4.31. The number of aliphatic hydroxyl groups is 1. The summed E-state index contributed by atoms with van der Waals surface area (Å²) in [6, 6.07) is 15.4. The van der Waals surface area contributed by atoms with Crippen molar-refractivity contribution in [3.8, 4) is 0 Å². The molecule has 3 atom stereocenters. The lowest BCUT2D eigenvalue weighted by Gasteiger charge is -2.26. The molecule has 0 spiro atoms. The van der Waals surface area contributed by atoms with E-state index in [1.807, 2.05) is 24.3 Å². The van der Waals surface area contributed by atoms with Gasteiger partial charge in [0, 0.05) is 23.2 Å². The van der Waals surface area contributed by atoms with Gasteiger partial charge in [-0.2, -0.15) is 0 Å². The van der Waals surface area contributed by atoms with E-state index in [1.165, 1.54) is 10.5 Å². The van der Waals surface area contributed by atoms with Gasteiger partial charge in [-0.3, -0.25) is 9.59 Å². The molecule has 2 aromatic rings. The molecule has 2 aromatic carbocycles. The standard InChI is InChI=1S/C27H35ClN2O4/c1-18(2)20-5-11-23(12-6-20)29-24-13-7-21(8-14-25(24)31)27(34)30(17-26(32)33)16-15-19-3-9-22(28)10-4-19/h3-6,9-12,18,21,24-25,29,31H,7-8,13-17H2,1-2H3,(H,32,33)/t21-,24+,25+/m1/s1. The Hall–Kier alpha value is -2.57. The summed E-state index contributed by atoms with van der Waals surface area (Å²) in [5.41, 5.74) is 3.21. The van der Waals surface area contributed by atoms with Gasteiger partial charge in [-0.15, -0.1) is 0 Å². The van der Waals surface area contributed by atoms with E-state index in [9.17, 15) is 19.8 Å². The number of rotatable bonds is 9. The van der Waals surface area contributed by atoms with Crippen LogP contribution in [0.3, 0.4) is 0 Å². The number of aliphatic hydroxyl groups excluding tert-OH is 1. The van der Waals surface area contributed by atoms with Crippen molar-refractivity contribution in [2.45, 2.75) is 64.0 Å². The predicted molar refractivity (Wildman–Crippen MR) is 135 cm³/mol. The summed E-state index contributed by atoms with van der Waals surface area (Å²) in [4.78, 5) is 26.1. The first-order valence-electron chi connectivity index (χ1n) is 12.0. The predicted octanol–water partition coefficient (Wildman–Crippen LogP) is 4.95. The molecular formula is C27H35ClN2O4. The van der Waals surface area contributed by atoms with E-state index in [4.69, 9.17) is 11.6 Å². The summed E-state index contributed by atoms with van der Waals surface area (Å²) >= 11 is 5.94. The SMILES string of the molecule is CC(C)c1ccc(N[C@H]2CC[C@@H](C(=O)N(CCc3ccc(Cl)cc3)CC(=O)O)CC[C@@H]2O)cc1. The first-order chi connectivity index (χ1) is 16.2. The molecule has 6 nitrogen and oxygen atoms in total. The van der Waals surface area contributed by atoms with Crippen molar-refractivity contribution in [2.75, 3.05) is 18.4 Å². The first kappa shape index (κ1) is 26.0. The number of amides is 1. The second-order valence-electron chi connectivity index (χ2n) is 9.48. The maximum atomic E-state index is 13.3. The molecular weight excluding hydrogens is 452 g/mol. The number of carbonyl (C=O) groups is 2. The number of halogens is 1. The molecule has 1 aliphatic carbocycles. The second-order valence-corrected chi connectivity index (χ2v) is 9.91. The first-order valence-corrected chi connectivity index (χ1v) is 12.4. The molecule has 0 bridgehead atoms. The Morgan fingerprint density at radius 3 is 2.29 bits per heavy atom. The largest absolute Gasteiger partial charge is 0.480 e. The number of aliphatic carboxylic acids is 1. The Kier molecular flexibility index (Phi) is 9.36. The van der Waals surface area contributed by atoms with Crippen molar-refractivity contribution < 1.29 is 19.8 Å². The normalized spacial score (nSPS) is 20.6. The van der Waals surface area contributed by atoms with Crippen molar-refractivity contribution in [1.29, 1.82) is 0 Å². The Balaban J connectivity index is 1.61. The summed E-state index contributed by atoms with van der Waals surface area (Å²) in [7, 11) is 0. The number of hydrogen-bond acceptors (Lipinski definition) is 4. The van der Waals surface area contributed by atoms with Crippen LogP contribution in [0.15, 0.2) is 48.5 Å². The maximum Gasteiger partial charge on any atom is 0.323 e. The monoisotopic (exact) mass is 486 g/mol. The van der Waals surface area contributed by atoms with Crippen LogP contribution in [0.4, 0.5) is 5.69 Å². The highest BCUT2D eigenvalue weighted by molar-refractivity contribution is 6.30. The summed E-state index contributed by atoms with van der Waals surface area (Å²) < 4.78 is 0. The van der Waals surface area contributed by atoms with Gasteiger partial charge in [0.05, 0.1) is 12.1 Å². The number of nitrogens with one attached hydrogen (secondary N) is 1. The minimum Gasteiger partial charge on any atom is -0.480 e. The van der Waals surface area contributed by atoms with Crippen LogP contribution in [0.25, 0.3) is 0 Å². The zero-order valence-corrected chi connectivity index (χ0v) is 20.7. The molecule has 1 amide bonds. The van der Waals surface area contributed by atoms with Crippen molar-refractivity contribution in [3.05, 3.63) is 64.7 Å². The number of carboxylic acid groups (broad SMARTS) is 1. The van der Waals surface area contributed by atoms with E-state index in [0.29, 0.717) is 49.6 Å². The van der Waals surface area contributed by atoms with Gasteiger partial charge in [0.15, 0.2) is 0 Å². The molecule has 1 fully saturated rings. The lowest BCUT2D eigenvalue weighted by atomic mass is 9.98. The van der Waals surface area contributed by atoms with Crippen LogP contribution in [0.1, 0.15) is 56.6 Å². The Labute approximate surface area is 206 Å². The van der Waals surface area contributed by atoms with E-state index in [-0.39, 0.29) is 24.4 Å². The van der Waals surface area contributed by atoms with Crippen LogP contribution in [-0.2, 0) is 16.0 Å². The van der Waals surface area contributed by atoms with Gasteiger partial charge < -0.3 is 20.4 Å². The fourth-order valence-corrected chi connectivity index (χ4v) is 4.61. The fraction of sp³-hybridized carbons (Fsp3) is 0.481. The fourth-order valence-electron chi connectivity index (χ4n) is 4.49. The van der Waals surface area contributed by atoms with Crippen LogP contribution in [-0.4, -0.2) is 52.2 Å². The Morgan fingerprint density at radius 1 is 1.03 bits per heavy atom. The van der Waals surface area contributed by atoms with Crippen molar-refractivity contribution in [3.63, 3.8) is 0 Å². The van der Waals surface area contributed by atoms with E-state index >= 15 is 0 Å². The summed E-state index contributed by atoms with van der Waals surface area (Å²) in [5.74, 6) is -1.01.